The zero-order valence-corrected chi connectivity index (χ0v) is 16.4. The number of rotatable bonds is 2. The molecule has 0 aliphatic carbocycles. The number of fused-ring (bicyclic) bond motifs is 2. The Labute approximate surface area is 172 Å². The molecule has 0 spiro atoms. The van der Waals surface area contributed by atoms with Crippen LogP contribution in [0.1, 0.15) is 45.3 Å². The molecule has 0 saturated heterocycles. The van der Waals surface area contributed by atoms with Crippen molar-refractivity contribution >= 4 is 17.0 Å². The smallest absolute Gasteiger partial charge is 0.438 e. The number of carbonyl (C=O) groups is 1. The summed E-state index contributed by atoms with van der Waals surface area (Å²) in [5, 5.41) is 3.35. The predicted molar refractivity (Wildman–Crippen MR) is 99.9 cm³/mol. The van der Waals surface area contributed by atoms with Crippen molar-refractivity contribution < 1.29 is 22.4 Å². The molecule has 4 aromatic rings. The fourth-order valence-corrected chi connectivity index (χ4v) is 3.79. The van der Waals surface area contributed by atoms with Crippen molar-refractivity contribution in [3.63, 3.8) is 0 Å². The Morgan fingerprint density at radius 1 is 1.29 bits per heavy atom. The third kappa shape index (κ3) is 3.05. The Bertz CT molecular complexity index is 1300. The second-order valence-corrected chi connectivity index (χ2v) is 7.27. The fourth-order valence-electron chi connectivity index (χ4n) is 3.79. The number of aryl methyl sites for hydroxylation is 2. The second kappa shape index (κ2) is 6.65. The molecular weight excluding hydrogens is 415 g/mol. The number of alkyl halides is 3. The summed E-state index contributed by atoms with van der Waals surface area (Å²) in [6.45, 7) is 2.09. The molecule has 31 heavy (non-hydrogen) atoms. The van der Waals surface area contributed by atoms with E-state index in [0.717, 1.165) is 15.9 Å². The summed E-state index contributed by atoms with van der Waals surface area (Å²) < 4.78 is 45.9. The Balaban J connectivity index is 1.61. The van der Waals surface area contributed by atoms with E-state index in [4.69, 9.17) is 4.42 Å². The lowest BCUT2D eigenvalue weighted by molar-refractivity contribution is -0.144. The second-order valence-electron chi connectivity index (χ2n) is 7.27. The maximum Gasteiger partial charge on any atom is 0.453 e. The van der Waals surface area contributed by atoms with Gasteiger partial charge in [-0.1, -0.05) is 12.1 Å². The van der Waals surface area contributed by atoms with Crippen molar-refractivity contribution in [2.75, 3.05) is 6.54 Å². The average Bonchev–Trinajstić information content (AvgIpc) is 3.44. The number of para-hydroxylation sites is 1. The predicted octanol–water partition coefficient (Wildman–Crippen LogP) is 2.79. The van der Waals surface area contributed by atoms with Gasteiger partial charge in [0.05, 0.1) is 12.0 Å². The van der Waals surface area contributed by atoms with Crippen LogP contribution in [0.25, 0.3) is 11.1 Å². The van der Waals surface area contributed by atoms with Crippen LogP contribution in [0.15, 0.2) is 28.9 Å². The fraction of sp³-hybridized carbons (Fsp3) is 0.316. The van der Waals surface area contributed by atoms with Crippen LogP contribution in [0.3, 0.4) is 0 Å². The van der Waals surface area contributed by atoms with Crippen molar-refractivity contribution in [3.8, 4) is 0 Å². The SMILES string of the molecule is Cc1cccc2nc([C@@H]3c4nc[nH]c4CCN3C(=O)c3nc(C(F)(F)F)nn3C)oc12. The summed E-state index contributed by atoms with van der Waals surface area (Å²) in [6, 6.07) is 4.68. The van der Waals surface area contributed by atoms with Crippen LogP contribution in [0.2, 0.25) is 0 Å². The number of oxazole rings is 1. The first-order valence-electron chi connectivity index (χ1n) is 9.41. The molecule has 5 rings (SSSR count). The third-order valence-corrected chi connectivity index (χ3v) is 5.26. The molecule has 12 heteroatoms. The van der Waals surface area contributed by atoms with E-state index in [9.17, 15) is 18.0 Å². The number of hydrogen-bond donors (Lipinski definition) is 1. The lowest BCUT2D eigenvalue weighted by Crippen LogP contribution is -2.42. The molecule has 4 heterocycles. The van der Waals surface area contributed by atoms with E-state index in [-0.39, 0.29) is 12.4 Å². The Morgan fingerprint density at radius 2 is 2.10 bits per heavy atom. The molecule has 0 fully saturated rings. The molecule has 3 aromatic heterocycles. The number of amides is 1. The largest absolute Gasteiger partial charge is 0.453 e. The maximum atomic E-state index is 13.3. The van der Waals surface area contributed by atoms with Crippen molar-refractivity contribution in [2.45, 2.75) is 25.6 Å². The summed E-state index contributed by atoms with van der Waals surface area (Å²) in [5.41, 5.74) is 3.40. The van der Waals surface area contributed by atoms with Gasteiger partial charge in [-0.15, -0.1) is 5.10 Å². The summed E-state index contributed by atoms with van der Waals surface area (Å²) >= 11 is 0. The third-order valence-electron chi connectivity index (χ3n) is 5.26. The minimum atomic E-state index is -4.76. The van der Waals surface area contributed by atoms with Gasteiger partial charge in [0.25, 0.3) is 11.7 Å². The van der Waals surface area contributed by atoms with Gasteiger partial charge in [0.1, 0.15) is 5.52 Å². The molecule has 1 aromatic carbocycles. The van der Waals surface area contributed by atoms with Gasteiger partial charge in [0.2, 0.25) is 11.7 Å². The van der Waals surface area contributed by atoms with Crippen LogP contribution in [-0.2, 0) is 19.6 Å². The van der Waals surface area contributed by atoms with Crippen LogP contribution in [-0.4, -0.2) is 47.1 Å². The van der Waals surface area contributed by atoms with E-state index in [1.807, 2.05) is 19.1 Å². The van der Waals surface area contributed by atoms with E-state index < -0.39 is 29.8 Å². The van der Waals surface area contributed by atoms with Gasteiger partial charge in [0, 0.05) is 25.7 Å². The number of halogens is 3. The Morgan fingerprint density at radius 3 is 2.81 bits per heavy atom. The molecule has 0 saturated carbocycles. The minimum Gasteiger partial charge on any atom is -0.438 e. The van der Waals surface area contributed by atoms with E-state index in [1.165, 1.54) is 18.3 Å². The number of aromatic nitrogens is 6. The molecule has 1 aliphatic rings. The van der Waals surface area contributed by atoms with Gasteiger partial charge in [-0.2, -0.15) is 18.2 Å². The first-order valence-corrected chi connectivity index (χ1v) is 9.41. The summed E-state index contributed by atoms with van der Waals surface area (Å²) in [5.74, 6) is -2.29. The summed E-state index contributed by atoms with van der Waals surface area (Å²) in [7, 11) is 1.25. The Hall–Kier alpha value is -3.70. The molecular formula is C19H16F3N7O2. The summed E-state index contributed by atoms with van der Waals surface area (Å²) in [4.78, 5) is 30.0. The zero-order valence-electron chi connectivity index (χ0n) is 16.4. The number of benzene rings is 1. The molecule has 0 unspecified atom stereocenters. The van der Waals surface area contributed by atoms with Gasteiger partial charge in [0.15, 0.2) is 11.6 Å². The van der Waals surface area contributed by atoms with Gasteiger partial charge in [-0.3, -0.25) is 4.79 Å². The highest BCUT2D eigenvalue weighted by atomic mass is 19.4. The van der Waals surface area contributed by atoms with Crippen LogP contribution < -0.4 is 0 Å². The number of hydrogen-bond acceptors (Lipinski definition) is 6. The highest BCUT2D eigenvalue weighted by Crippen LogP contribution is 2.36. The molecule has 9 nitrogen and oxygen atoms in total. The molecule has 1 amide bonds. The standard InChI is InChI=1S/C19H16F3N7O2/c1-9-4-3-5-11-14(9)31-16(25-11)13-12-10(23-8-24-12)6-7-29(13)17(30)15-26-18(19(20,21)22)27-28(15)2/h3-5,8,13H,6-7H2,1-2H3,(H,23,24)/t13-/m0/s1. The van der Waals surface area contributed by atoms with Crippen LogP contribution in [0.5, 0.6) is 0 Å². The quantitative estimate of drug-likeness (QED) is 0.523. The van der Waals surface area contributed by atoms with Crippen molar-refractivity contribution in [3.05, 3.63) is 59.0 Å². The number of aromatic amines is 1. The van der Waals surface area contributed by atoms with Gasteiger partial charge in [-0.05, 0) is 18.6 Å². The molecule has 0 radical (unpaired) electrons. The first kappa shape index (κ1) is 19.3. The zero-order chi connectivity index (χ0) is 21.9. The van der Waals surface area contributed by atoms with E-state index in [2.05, 4.69) is 25.0 Å². The van der Waals surface area contributed by atoms with Gasteiger partial charge >= 0.3 is 6.18 Å². The number of imidazole rings is 1. The average molecular weight is 431 g/mol. The molecule has 1 atom stereocenters. The van der Waals surface area contributed by atoms with Crippen molar-refractivity contribution in [1.82, 2.24) is 34.6 Å². The number of H-pyrrole nitrogens is 1. The van der Waals surface area contributed by atoms with E-state index in [0.29, 0.717) is 23.2 Å². The lowest BCUT2D eigenvalue weighted by atomic mass is 10.0. The number of nitrogens with one attached hydrogen (secondary N) is 1. The van der Waals surface area contributed by atoms with E-state index >= 15 is 0 Å². The lowest BCUT2D eigenvalue weighted by Gasteiger charge is -2.32. The molecule has 160 valence electrons. The first-order chi connectivity index (χ1) is 14.7. The van der Waals surface area contributed by atoms with Crippen LogP contribution in [0.4, 0.5) is 13.2 Å². The van der Waals surface area contributed by atoms with Crippen LogP contribution >= 0.6 is 0 Å². The molecule has 1 N–H and O–H groups in total. The van der Waals surface area contributed by atoms with Crippen molar-refractivity contribution in [2.24, 2.45) is 7.05 Å². The van der Waals surface area contributed by atoms with Gasteiger partial charge < -0.3 is 14.3 Å². The normalized spacial score (nSPS) is 16.7. The molecule has 0 bridgehead atoms. The van der Waals surface area contributed by atoms with E-state index in [1.54, 1.807) is 6.07 Å². The Kier molecular flexibility index (Phi) is 4.14. The monoisotopic (exact) mass is 431 g/mol. The highest BCUT2D eigenvalue weighted by Gasteiger charge is 2.42. The topological polar surface area (TPSA) is 106 Å². The van der Waals surface area contributed by atoms with Gasteiger partial charge in [-0.25, -0.2) is 14.6 Å². The summed E-state index contributed by atoms with van der Waals surface area (Å²) in [6.07, 6.45) is -2.81. The maximum absolute atomic E-state index is 13.3. The minimum absolute atomic E-state index is 0.213. The highest BCUT2D eigenvalue weighted by molar-refractivity contribution is 5.91. The number of nitrogens with zero attached hydrogens (tertiary/aromatic N) is 6. The molecule has 1 aliphatic heterocycles. The van der Waals surface area contributed by atoms with Crippen LogP contribution in [0, 0.1) is 6.92 Å². The van der Waals surface area contributed by atoms with Crippen molar-refractivity contribution in [1.29, 1.82) is 0 Å². The number of carbonyl (C=O) groups excluding carboxylic acids is 1.